The van der Waals surface area contributed by atoms with Crippen molar-refractivity contribution in [2.75, 3.05) is 75.9 Å². The van der Waals surface area contributed by atoms with Crippen molar-refractivity contribution in [3.05, 3.63) is 57.9 Å². The number of unbranched alkanes of at least 4 members (excludes halogenated alkanes) is 3. The van der Waals surface area contributed by atoms with Gasteiger partial charge in [0, 0.05) is 57.3 Å². The fourth-order valence-corrected chi connectivity index (χ4v) is 8.06. The Hall–Kier alpha value is -3.99. The third-order valence-electron chi connectivity index (χ3n) is 11.4. The Bertz CT molecular complexity index is 1820. The summed E-state index contributed by atoms with van der Waals surface area (Å²) in [5, 5.41) is 13.1. The average molecular weight is 758 g/mol. The Balaban J connectivity index is 1.12. The number of nitrogens with one attached hydrogen (secondary N) is 1. The van der Waals surface area contributed by atoms with Crippen LogP contribution in [0.15, 0.2) is 35.4 Å². The highest BCUT2D eigenvalue weighted by Crippen LogP contribution is 2.44. The van der Waals surface area contributed by atoms with E-state index in [1.165, 1.54) is 18.5 Å². The van der Waals surface area contributed by atoms with Gasteiger partial charge in [0.05, 0.1) is 49.5 Å². The summed E-state index contributed by atoms with van der Waals surface area (Å²) in [7, 11) is 0. The largest absolute Gasteiger partial charge is 0.465 e. The molecule has 0 radical (unpaired) electrons. The number of carbonyl (C=O) groups is 1. The summed E-state index contributed by atoms with van der Waals surface area (Å²) in [4.78, 5) is 40.2. The highest BCUT2D eigenvalue weighted by atomic mass is 19.3. The zero-order valence-electron chi connectivity index (χ0n) is 30.7. The predicted octanol–water partition coefficient (Wildman–Crippen LogP) is 5.43. The fourth-order valence-electron chi connectivity index (χ4n) is 8.06. The van der Waals surface area contributed by atoms with Gasteiger partial charge >= 0.3 is 6.09 Å². The van der Waals surface area contributed by atoms with Crippen molar-refractivity contribution >= 4 is 28.6 Å². The van der Waals surface area contributed by atoms with Crippen LogP contribution >= 0.6 is 0 Å². The molecular formula is C38H50F3N7O6. The van der Waals surface area contributed by atoms with Crippen LogP contribution in [0.5, 0.6) is 0 Å². The van der Waals surface area contributed by atoms with Crippen molar-refractivity contribution in [2.24, 2.45) is 5.92 Å². The average Bonchev–Trinajstić information content (AvgIpc) is 3.67. The molecule has 0 bridgehead atoms. The molecule has 0 aliphatic carbocycles. The highest BCUT2D eigenvalue weighted by Gasteiger charge is 2.45. The van der Waals surface area contributed by atoms with Crippen molar-refractivity contribution < 1.29 is 37.3 Å². The number of rotatable bonds is 14. The number of nitrogens with zero attached hydrogens (tertiary/aromatic N) is 6. The lowest BCUT2D eigenvalue weighted by molar-refractivity contribution is -0.0861. The van der Waals surface area contributed by atoms with Crippen LogP contribution in [0.4, 0.5) is 29.5 Å². The summed E-state index contributed by atoms with van der Waals surface area (Å²) >= 11 is 0. The quantitative estimate of drug-likeness (QED) is 0.204. The molecule has 3 aromatic rings. The number of piperidine rings is 1. The van der Waals surface area contributed by atoms with Gasteiger partial charge in [-0.25, -0.2) is 27.9 Å². The molecular weight excluding hydrogens is 707 g/mol. The second kappa shape index (κ2) is 16.8. The maximum Gasteiger partial charge on any atom is 0.407 e. The van der Waals surface area contributed by atoms with Crippen molar-refractivity contribution in [1.29, 1.82) is 0 Å². The standard InChI is InChI=1S/C38H50F3N7O6/c1-25(28-7-6-8-30(33(28)39)38(40,41)26-10-13-47(14-11-26)37(50)51)44-34-29-21-31(46-17-15-45(16-18-46)27-22-52-23-27)36(49)48(35(29)43-24-42-34)12-5-3-2-4-9-32-53-19-20-54-32/h6-8,21,24-27,32H,2-5,9-20,22-23H2,1H3,(H,50,51)(H,42,43,44)/t25-/m1/s1. The summed E-state index contributed by atoms with van der Waals surface area (Å²) in [5.74, 6) is -5.34. The van der Waals surface area contributed by atoms with Crippen LogP contribution in [0, 0.1) is 11.7 Å². The van der Waals surface area contributed by atoms with Gasteiger partial charge in [0.1, 0.15) is 29.3 Å². The van der Waals surface area contributed by atoms with Crippen LogP contribution in [0.3, 0.4) is 0 Å². The number of hydrogen-bond acceptors (Lipinski definition) is 10. The number of ether oxygens (including phenoxy) is 3. The Labute approximate surface area is 312 Å². The van der Waals surface area contributed by atoms with E-state index in [0.717, 1.165) is 69.4 Å². The number of likely N-dealkylation sites (tertiary alicyclic amines) is 1. The van der Waals surface area contributed by atoms with Gasteiger partial charge in [-0.15, -0.1) is 0 Å². The summed E-state index contributed by atoms with van der Waals surface area (Å²) in [6, 6.07) is 5.43. The molecule has 54 heavy (non-hydrogen) atoms. The number of fused-ring (bicyclic) bond motifs is 1. The minimum absolute atomic E-state index is 0.0286. The van der Waals surface area contributed by atoms with Crippen LogP contribution in [-0.2, 0) is 26.7 Å². The zero-order valence-corrected chi connectivity index (χ0v) is 30.7. The molecule has 4 aliphatic heterocycles. The van der Waals surface area contributed by atoms with E-state index in [4.69, 9.17) is 14.2 Å². The molecule has 1 amide bonds. The van der Waals surface area contributed by atoms with Crippen LogP contribution in [0.1, 0.15) is 69.0 Å². The van der Waals surface area contributed by atoms with Gasteiger partial charge < -0.3 is 34.4 Å². The molecule has 2 aromatic heterocycles. The Morgan fingerprint density at radius 2 is 1.74 bits per heavy atom. The van der Waals surface area contributed by atoms with Gasteiger partial charge in [0.15, 0.2) is 6.29 Å². The second-order valence-corrected chi connectivity index (χ2v) is 14.8. The normalized spacial score (nSPS) is 20.1. The maximum atomic E-state index is 16.1. The lowest BCUT2D eigenvalue weighted by atomic mass is 9.85. The van der Waals surface area contributed by atoms with Crippen molar-refractivity contribution in [3.63, 3.8) is 0 Å². The van der Waals surface area contributed by atoms with Crippen LogP contribution in [0.25, 0.3) is 11.0 Å². The van der Waals surface area contributed by atoms with E-state index in [-0.39, 0.29) is 43.3 Å². The fraction of sp³-hybridized carbons (Fsp3) is 0.632. The molecule has 13 nitrogen and oxygen atoms in total. The first kappa shape index (κ1) is 38.3. The number of alkyl halides is 2. The minimum Gasteiger partial charge on any atom is -0.465 e. The first-order chi connectivity index (χ1) is 26.1. The molecule has 0 unspecified atom stereocenters. The van der Waals surface area contributed by atoms with E-state index >= 15 is 13.2 Å². The number of pyridine rings is 1. The van der Waals surface area contributed by atoms with Gasteiger partial charge in [0.2, 0.25) is 0 Å². The molecule has 4 aliphatic rings. The second-order valence-electron chi connectivity index (χ2n) is 14.8. The van der Waals surface area contributed by atoms with E-state index in [1.807, 2.05) is 0 Å². The molecule has 16 heteroatoms. The number of aryl methyl sites for hydroxylation is 1. The molecule has 2 N–H and O–H groups in total. The van der Waals surface area contributed by atoms with E-state index in [2.05, 4.69) is 25.1 Å². The van der Waals surface area contributed by atoms with Crippen LogP contribution < -0.4 is 15.8 Å². The predicted molar refractivity (Wildman–Crippen MR) is 196 cm³/mol. The number of anilines is 2. The summed E-state index contributed by atoms with van der Waals surface area (Å²) in [6.07, 6.45) is 4.36. The molecule has 4 fully saturated rings. The van der Waals surface area contributed by atoms with Crippen molar-refractivity contribution in [2.45, 2.75) is 82.7 Å². The number of amides is 1. The SMILES string of the molecule is C[C@@H](Nc1ncnc2c1cc(N1CCN(C3COC3)CC1)c(=O)n2CCCCCCC1OCCO1)c1cccc(C(F)(F)C2CCN(C(=O)O)CC2)c1F. The van der Waals surface area contributed by atoms with Crippen LogP contribution in [-0.4, -0.2) is 114 Å². The van der Waals surface area contributed by atoms with E-state index in [1.54, 1.807) is 17.6 Å². The smallest absolute Gasteiger partial charge is 0.407 e. The number of piperazine rings is 1. The van der Waals surface area contributed by atoms with Gasteiger partial charge in [-0.1, -0.05) is 31.0 Å². The van der Waals surface area contributed by atoms with Gasteiger partial charge in [-0.3, -0.25) is 14.3 Å². The van der Waals surface area contributed by atoms with Crippen molar-refractivity contribution in [3.8, 4) is 0 Å². The van der Waals surface area contributed by atoms with Crippen LogP contribution in [0.2, 0.25) is 0 Å². The van der Waals surface area contributed by atoms with E-state index in [9.17, 15) is 14.7 Å². The molecule has 294 valence electrons. The summed E-state index contributed by atoms with van der Waals surface area (Å²) in [6.45, 7) is 7.71. The topological polar surface area (TPSA) is 135 Å². The van der Waals surface area contributed by atoms with Gasteiger partial charge in [-0.2, -0.15) is 0 Å². The Morgan fingerprint density at radius 1 is 1.02 bits per heavy atom. The molecule has 0 spiro atoms. The number of aromatic nitrogens is 3. The molecule has 0 saturated carbocycles. The summed E-state index contributed by atoms with van der Waals surface area (Å²) < 4.78 is 66.0. The number of halogens is 3. The minimum atomic E-state index is -3.50. The lowest BCUT2D eigenvalue weighted by Crippen LogP contribution is -2.57. The maximum absolute atomic E-state index is 16.1. The number of benzene rings is 1. The first-order valence-electron chi connectivity index (χ1n) is 19.2. The molecule has 1 aromatic carbocycles. The van der Waals surface area contributed by atoms with Gasteiger partial charge in [0.25, 0.3) is 11.5 Å². The van der Waals surface area contributed by atoms with E-state index in [0.29, 0.717) is 61.4 Å². The number of carboxylic acid groups (broad SMARTS) is 1. The van der Waals surface area contributed by atoms with E-state index < -0.39 is 35.4 Å². The van der Waals surface area contributed by atoms with Crippen molar-refractivity contribution in [1.82, 2.24) is 24.3 Å². The lowest BCUT2D eigenvalue weighted by Gasteiger charge is -2.43. The highest BCUT2D eigenvalue weighted by molar-refractivity contribution is 5.89. The molecule has 6 heterocycles. The monoisotopic (exact) mass is 757 g/mol. The third kappa shape index (κ3) is 8.16. The first-order valence-corrected chi connectivity index (χ1v) is 19.2. The summed E-state index contributed by atoms with van der Waals surface area (Å²) in [5.41, 5.74) is 0.181. The third-order valence-corrected chi connectivity index (χ3v) is 11.4. The van der Waals surface area contributed by atoms with Gasteiger partial charge in [-0.05, 0) is 45.1 Å². The number of hydrogen-bond donors (Lipinski definition) is 2. The molecule has 4 saturated heterocycles. The molecule has 1 atom stereocenters. The Kier molecular flexibility index (Phi) is 11.9. The molecule has 7 rings (SSSR count). The zero-order chi connectivity index (χ0) is 37.8. The Morgan fingerprint density at radius 3 is 2.43 bits per heavy atom.